The van der Waals surface area contributed by atoms with Gasteiger partial charge < -0.3 is 4.74 Å². The molecule has 0 bridgehead atoms. The molecule has 2 atom stereocenters. The van der Waals surface area contributed by atoms with Crippen molar-refractivity contribution in [1.29, 1.82) is 0 Å². The fourth-order valence-electron chi connectivity index (χ4n) is 3.03. The number of hydrogen-bond acceptors (Lipinski definition) is 3. The van der Waals surface area contributed by atoms with Crippen molar-refractivity contribution < 1.29 is 14.1 Å². The molecular weight excluding hydrogens is 288 g/mol. The van der Waals surface area contributed by atoms with Crippen LogP contribution >= 0.6 is 0 Å². The van der Waals surface area contributed by atoms with E-state index in [2.05, 4.69) is 23.6 Å². The molecule has 23 heavy (non-hydrogen) atoms. The molecule has 2 rings (SSSR count). The normalized spacial score (nSPS) is 18.7. The van der Waals surface area contributed by atoms with Crippen LogP contribution in [0.2, 0.25) is 0 Å². The second-order valence-electron chi connectivity index (χ2n) is 7.66. The molecule has 0 aromatic heterocycles. The Balaban J connectivity index is 2.15. The van der Waals surface area contributed by atoms with Crippen LogP contribution in [0, 0.1) is 0 Å². The number of fused-ring (bicyclic) bond motifs is 1. The van der Waals surface area contributed by atoms with E-state index >= 15 is 0 Å². The molecule has 1 aromatic carbocycles. The monoisotopic (exact) mass is 319 g/mol. The highest BCUT2D eigenvalue weighted by atomic mass is 16.6. The highest BCUT2D eigenvalue weighted by Crippen LogP contribution is 2.28. The predicted octanol–water partition coefficient (Wildman–Crippen LogP) is 4.14. The van der Waals surface area contributed by atoms with Gasteiger partial charge in [-0.15, -0.1) is 4.59 Å². The molecule has 0 saturated carbocycles. The van der Waals surface area contributed by atoms with Crippen molar-refractivity contribution >= 4 is 6.09 Å². The van der Waals surface area contributed by atoms with Gasteiger partial charge in [-0.1, -0.05) is 18.2 Å². The average molecular weight is 319 g/mol. The molecule has 0 aliphatic heterocycles. The van der Waals surface area contributed by atoms with Gasteiger partial charge in [0.15, 0.2) is 0 Å². The van der Waals surface area contributed by atoms with Gasteiger partial charge in [-0.2, -0.15) is 10.2 Å². The molecule has 128 valence electrons. The summed E-state index contributed by atoms with van der Waals surface area (Å²) >= 11 is 0. The fourth-order valence-corrected chi connectivity index (χ4v) is 3.03. The Morgan fingerprint density at radius 3 is 2.39 bits per heavy atom. The van der Waals surface area contributed by atoms with Crippen molar-refractivity contribution in [2.45, 2.75) is 65.0 Å². The lowest BCUT2D eigenvalue weighted by atomic mass is 9.90. The van der Waals surface area contributed by atoms with E-state index in [-0.39, 0.29) is 22.3 Å². The van der Waals surface area contributed by atoms with Crippen LogP contribution in [0.15, 0.2) is 18.2 Å². The van der Waals surface area contributed by atoms with E-state index in [1.54, 1.807) is 7.05 Å². The molecule has 0 fully saturated rings. The van der Waals surface area contributed by atoms with Gasteiger partial charge in [0.25, 0.3) is 0 Å². The zero-order chi connectivity index (χ0) is 17.3. The number of quaternary nitrogens is 1. The van der Waals surface area contributed by atoms with Gasteiger partial charge in [-0.25, -0.2) is 0 Å². The highest BCUT2D eigenvalue weighted by molar-refractivity contribution is 5.60. The third-order valence-corrected chi connectivity index (χ3v) is 5.27. The Morgan fingerprint density at radius 1 is 1.22 bits per heavy atom. The lowest BCUT2D eigenvalue weighted by Crippen LogP contribution is -2.67. The number of carbonyl (C=O) groups is 1. The van der Waals surface area contributed by atoms with Crippen LogP contribution in [0.25, 0.3) is 0 Å². The topological polar surface area (TPSA) is 38.3 Å². The van der Waals surface area contributed by atoms with Gasteiger partial charge in [-0.05, 0) is 70.1 Å². The number of hydrogen-bond donors (Lipinski definition) is 1. The number of ether oxygens (including phenoxy) is 1. The molecule has 4 nitrogen and oxygen atoms in total. The number of carbonyl (C=O) groups excluding carboxylic acids is 1. The molecule has 1 aromatic rings. The first-order valence-electron chi connectivity index (χ1n) is 8.57. The summed E-state index contributed by atoms with van der Waals surface area (Å²) in [6.45, 7) is 8.02. The Morgan fingerprint density at radius 2 is 1.83 bits per heavy atom. The van der Waals surface area contributed by atoms with Gasteiger partial charge in [0, 0.05) is 7.05 Å². The average Bonchev–Trinajstić information content (AvgIpc) is 2.52. The van der Waals surface area contributed by atoms with Gasteiger partial charge in [0.1, 0.15) is 11.6 Å². The standard InChI is InChI=1S/C19H31N2O2/c1-14(23-18(22)21(6,20-5)19(2,3)4)16-12-11-15-9-7-8-10-17(15)13-16/h11-14,20H,7-10H2,1-6H3/q+1. The number of nitrogens with zero attached hydrogens (tertiary/aromatic N) is 1. The predicted molar refractivity (Wildman–Crippen MR) is 93.0 cm³/mol. The van der Waals surface area contributed by atoms with Crippen molar-refractivity contribution in [3.63, 3.8) is 0 Å². The summed E-state index contributed by atoms with van der Waals surface area (Å²) < 4.78 is 5.81. The molecule has 1 N–H and O–H groups in total. The molecule has 0 saturated heterocycles. The van der Waals surface area contributed by atoms with Gasteiger partial charge in [-0.3, -0.25) is 0 Å². The van der Waals surface area contributed by atoms with Crippen LogP contribution in [0.1, 0.15) is 63.3 Å². The maximum absolute atomic E-state index is 12.7. The summed E-state index contributed by atoms with van der Waals surface area (Å²) in [6, 6.07) is 6.51. The Labute approximate surface area is 140 Å². The maximum atomic E-state index is 12.7. The minimum Gasteiger partial charge on any atom is -0.411 e. The van der Waals surface area contributed by atoms with E-state index in [1.807, 2.05) is 34.7 Å². The first-order valence-corrected chi connectivity index (χ1v) is 8.57. The lowest BCUT2D eigenvalue weighted by Gasteiger charge is -2.40. The SMILES string of the molecule is CN[N+](C)(C(=O)OC(C)c1ccc2c(c1)CCCC2)C(C)(C)C. The molecule has 1 aliphatic rings. The zero-order valence-corrected chi connectivity index (χ0v) is 15.4. The van der Waals surface area contributed by atoms with Crippen LogP contribution in [0.5, 0.6) is 0 Å². The molecule has 2 unspecified atom stereocenters. The first-order chi connectivity index (χ1) is 10.7. The number of aryl methyl sites for hydroxylation is 2. The van der Waals surface area contributed by atoms with Gasteiger partial charge >= 0.3 is 6.09 Å². The maximum Gasteiger partial charge on any atom is 0.536 e. The summed E-state index contributed by atoms with van der Waals surface area (Å²) in [4.78, 5) is 12.7. The van der Waals surface area contributed by atoms with E-state index in [0.717, 1.165) is 12.0 Å². The van der Waals surface area contributed by atoms with E-state index in [9.17, 15) is 4.79 Å². The number of benzene rings is 1. The second kappa shape index (κ2) is 6.62. The van der Waals surface area contributed by atoms with Crippen molar-refractivity contribution in [1.82, 2.24) is 5.43 Å². The zero-order valence-electron chi connectivity index (χ0n) is 15.4. The van der Waals surface area contributed by atoms with Crippen molar-refractivity contribution in [2.75, 3.05) is 14.1 Å². The summed E-state index contributed by atoms with van der Waals surface area (Å²) in [7, 11) is 3.64. The minimum absolute atomic E-state index is 0.0300. The number of amides is 1. The second-order valence-corrected chi connectivity index (χ2v) is 7.66. The quantitative estimate of drug-likeness (QED) is 0.672. The van der Waals surface area contributed by atoms with Crippen molar-refractivity contribution in [3.05, 3.63) is 34.9 Å². The molecule has 0 radical (unpaired) electrons. The van der Waals surface area contributed by atoms with E-state index < -0.39 is 0 Å². The summed E-state index contributed by atoms with van der Waals surface area (Å²) in [5.41, 5.74) is 6.74. The molecule has 1 amide bonds. The Hall–Kier alpha value is -1.39. The van der Waals surface area contributed by atoms with Crippen molar-refractivity contribution in [3.8, 4) is 0 Å². The summed E-state index contributed by atoms with van der Waals surface area (Å²) in [6.07, 6.45) is 4.33. The fraction of sp³-hybridized carbons (Fsp3) is 0.632. The molecule has 0 spiro atoms. The van der Waals surface area contributed by atoms with Crippen LogP contribution < -0.4 is 5.43 Å². The van der Waals surface area contributed by atoms with Gasteiger partial charge in [0.2, 0.25) is 0 Å². The van der Waals surface area contributed by atoms with Crippen LogP contribution in [0.3, 0.4) is 0 Å². The lowest BCUT2D eigenvalue weighted by molar-refractivity contribution is -0.925. The largest absolute Gasteiger partial charge is 0.536 e. The molecule has 4 heteroatoms. The third-order valence-electron chi connectivity index (χ3n) is 5.27. The summed E-state index contributed by atoms with van der Waals surface area (Å²) in [5.74, 6) is 0. The van der Waals surface area contributed by atoms with E-state index in [1.165, 1.54) is 30.4 Å². The number of rotatable bonds is 3. The van der Waals surface area contributed by atoms with E-state index in [4.69, 9.17) is 4.74 Å². The van der Waals surface area contributed by atoms with E-state index in [0.29, 0.717) is 0 Å². The smallest absolute Gasteiger partial charge is 0.411 e. The van der Waals surface area contributed by atoms with Crippen LogP contribution in [0.4, 0.5) is 4.79 Å². The van der Waals surface area contributed by atoms with Gasteiger partial charge in [0.05, 0.1) is 7.05 Å². The van der Waals surface area contributed by atoms with Crippen LogP contribution in [-0.2, 0) is 17.6 Å². The molecule has 1 aliphatic carbocycles. The third kappa shape index (κ3) is 3.59. The Kier molecular flexibility index (Phi) is 5.17. The molecule has 0 heterocycles. The Bertz CT molecular complexity index is 577. The van der Waals surface area contributed by atoms with Crippen LogP contribution in [-0.4, -0.2) is 30.3 Å². The first kappa shape index (κ1) is 18.0. The number of nitrogens with one attached hydrogen (secondary N) is 1. The summed E-state index contributed by atoms with van der Waals surface area (Å²) in [5, 5.41) is 0. The minimum atomic E-state index is -0.290. The van der Waals surface area contributed by atoms with Crippen molar-refractivity contribution in [2.24, 2.45) is 0 Å². The highest BCUT2D eigenvalue weighted by Gasteiger charge is 2.45. The molecular formula is C19H31N2O2+.